The second kappa shape index (κ2) is 5.58. The summed E-state index contributed by atoms with van der Waals surface area (Å²) in [7, 11) is 0. The molecule has 1 saturated carbocycles. The lowest BCUT2D eigenvalue weighted by molar-refractivity contribution is -0.0269. The predicted molar refractivity (Wildman–Crippen MR) is 105 cm³/mol. The zero-order valence-corrected chi connectivity index (χ0v) is 14.9. The summed E-state index contributed by atoms with van der Waals surface area (Å²) in [5.74, 6) is 2.56. The molecule has 1 aliphatic carbocycles. The Bertz CT molecular complexity index is 931. The Morgan fingerprint density at radius 3 is 2.69 bits per heavy atom. The maximum atomic E-state index is 4.53. The number of piperidine rings is 3. The van der Waals surface area contributed by atoms with E-state index in [1.165, 1.54) is 60.2 Å². The number of hydrogen-bond acceptors (Lipinski definition) is 3. The summed E-state index contributed by atoms with van der Waals surface area (Å²) >= 11 is 0. The molecule has 132 valence electrons. The van der Waals surface area contributed by atoms with Crippen LogP contribution in [0.15, 0.2) is 48.9 Å². The van der Waals surface area contributed by atoms with Gasteiger partial charge in [-0.1, -0.05) is 6.07 Å². The van der Waals surface area contributed by atoms with Crippen LogP contribution in [0.5, 0.6) is 0 Å². The Morgan fingerprint density at radius 1 is 0.962 bits per heavy atom. The van der Waals surface area contributed by atoms with Gasteiger partial charge in [0.1, 0.15) is 0 Å². The molecule has 3 saturated heterocycles. The average molecular weight is 344 g/mol. The van der Waals surface area contributed by atoms with Crippen LogP contribution in [-0.4, -0.2) is 40.5 Å². The van der Waals surface area contributed by atoms with E-state index in [2.05, 4.69) is 50.5 Å². The first kappa shape index (κ1) is 14.8. The van der Waals surface area contributed by atoms with Gasteiger partial charge in [0, 0.05) is 55.3 Å². The highest BCUT2D eigenvalue weighted by molar-refractivity contribution is 5.85. The van der Waals surface area contributed by atoms with Crippen molar-refractivity contribution in [2.45, 2.75) is 18.9 Å². The Hall–Kier alpha value is -2.33. The summed E-state index contributed by atoms with van der Waals surface area (Å²) < 4.78 is 0. The van der Waals surface area contributed by atoms with E-state index in [1.807, 2.05) is 18.6 Å². The lowest BCUT2D eigenvalue weighted by atomic mass is 9.65. The Balaban J connectivity index is 1.28. The number of hydrogen-bond donors (Lipinski definition) is 2. The van der Waals surface area contributed by atoms with Crippen LogP contribution in [0.25, 0.3) is 22.0 Å². The van der Waals surface area contributed by atoms with Gasteiger partial charge in [-0.15, -0.1) is 0 Å². The average Bonchev–Trinajstić information content (AvgIpc) is 3.12. The van der Waals surface area contributed by atoms with Crippen molar-refractivity contribution in [1.82, 2.24) is 14.9 Å². The van der Waals surface area contributed by atoms with Gasteiger partial charge in [0.2, 0.25) is 0 Å². The number of rotatable bonds is 3. The third-order valence-electron chi connectivity index (χ3n) is 6.75. The molecule has 4 aliphatic rings. The van der Waals surface area contributed by atoms with Crippen LogP contribution in [-0.2, 0) is 0 Å². The van der Waals surface area contributed by atoms with E-state index < -0.39 is 0 Å². The molecule has 3 aliphatic heterocycles. The molecule has 0 amide bonds. The van der Waals surface area contributed by atoms with Crippen LogP contribution in [0.1, 0.15) is 12.8 Å². The van der Waals surface area contributed by atoms with E-state index in [-0.39, 0.29) is 0 Å². The lowest BCUT2D eigenvalue weighted by Crippen LogP contribution is -2.62. The third-order valence-corrected chi connectivity index (χ3v) is 6.75. The van der Waals surface area contributed by atoms with Crippen molar-refractivity contribution < 1.29 is 0 Å². The molecular formula is C22H24N4. The van der Waals surface area contributed by atoms with Crippen LogP contribution in [0.4, 0.5) is 5.69 Å². The van der Waals surface area contributed by atoms with Gasteiger partial charge in [0.25, 0.3) is 0 Å². The molecule has 0 radical (unpaired) electrons. The number of H-pyrrole nitrogens is 1. The summed E-state index contributed by atoms with van der Waals surface area (Å²) in [4.78, 5) is 10.5. The highest BCUT2D eigenvalue weighted by atomic mass is 15.2. The first-order valence-corrected chi connectivity index (χ1v) is 9.83. The Labute approximate surface area is 153 Å². The molecule has 4 heteroatoms. The van der Waals surface area contributed by atoms with E-state index >= 15 is 0 Å². The summed E-state index contributed by atoms with van der Waals surface area (Å²) in [6.45, 7) is 3.91. The van der Waals surface area contributed by atoms with Crippen molar-refractivity contribution in [3.8, 4) is 11.1 Å². The van der Waals surface area contributed by atoms with Gasteiger partial charge < -0.3 is 15.2 Å². The smallest absolute Gasteiger partial charge is 0.0535 e. The first-order valence-electron chi connectivity index (χ1n) is 9.83. The van der Waals surface area contributed by atoms with Crippen LogP contribution in [0.2, 0.25) is 0 Å². The summed E-state index contributed by atoms with van der Waals surface area (Å²) in [5, 5.41) is 5.12. The molecule has 0 spiro atoms. The number of aromatic amines is 1. The normalized spacial score (nSPS) is 32.2. The summed E-state index contributed by atoms with van der Waals surface area (Å²) in [6, 6.07) is 11.6. The molecule has 3 aromatic rings. The topological polar surface area (TPSA) is 44.0 Å². The largest absolute Gasteiger partial charge is 0.380 e. The number of nitrogens with zero attached hydrogens (tertiary/aromatic N) is 2. The fourth-order valence-electron chi connectivity index (χ4n) is 5.75. The second-order valence-electron chi connectivity index (χ2n) is 8.49. The summed E-state index contributed by atoms with van der Waals surface area (Å²) in [6.07, 6.45) is 8.77. The van der Waals surface area contributed by atoms with Gasteiger partial charge in [-0.25, -0.2) is 0 Å². The Morgan fingerprint density at radius 2 is 1.85 bits per heavy atom. The number of pyridine rings is 1. The highest BCUT2D eigenvalue weighted by Crippen LogP contribution is 2.44. The minimum Gasteiger partial charge on any atom is -0.380 e. The maximum Gasteiger partial charge on any atom is 0.0535 e. The van der Waals surface area contributed by atoms with Crippen molar-refractivity contribution >= 4 is 16.6 Å². The molecule has 4 bridgehead atoms. The Kier molecular flexibility index (Phi) is 3.18. The molecule has 2 N–H and O–H groups in total. The van der Waals surface area contributed by atoms with E-state index in [0.717, 1.165) is 17.8 Å². The SMILES string of the molecule is c1cc2cc(-c3cncc(NC4C5CC6CC4CN(C6)C5)c3)ccc2[nH]1. The van der Waals surface area contributed by atoms with Crippen molar-refractivity contribution in [2.24, 2.45) is 17.8 Å². The fraction of sp³-hybridized carbons (Fsp3) is 0.409. The molecule has 4 fully saturated rings. The van der Waals surface area contributed by atoms with Crippen molar-refractivity contribution in [3.05, 3.63) is 48.9 Å². The van der Waals surface area contributed by atoms with Gasteiger partial charge in [-0.05, 0) is 65.8 Å². The molecule has 2 unspecified atom stereocenters. The molecule has 2 atom stereocenters. The molecular weight excluding hydrogens is 320 g/mol. The third kappa shape index (κ3) is 2.36. The lowest BCUT2D eigenvalue weighted by Gasteiger charge is -2.56. The van der Waals surface area contributed by atoms with Crippen molar-refractivity contribution in [2.75, 3.05) is 25.0 Å². The van der Waals surface area contributed by atoms with E-state index in [9.17, 15) is 0 Å². The minimum absolute atomic E-state index is 0.618. The van der Waals surface area contributed by atoms with E-state index in [0.29, 0.717) is 6.04 Å². The fourth-order valence-corrected chi connectivity index (χ4v) is 5.75. The quantitative estimate of drug-likeness (QED) is 0.755. The number of nitrogens with one attached hydrogen (secondary N) is 2. The van der Waals surface area contributed by atoms with Crippen molar-refractivity contribution in [1.29, 1.82) is 0 Å². The van der Waals surface area contributed by atoms with Gasteiger partial charge in [-0.2, -0.15) is 0 Å². The molecule has 1 aromatic carbocycles. The number of aromatic nitrogens is 2. The highest BCUT2D eigenvalue weighted by Gasteiger charge is 2.47. The number of benzene rings is 1. The number of anilines is 1. The van der Waals surface area contributed by atoms with Gasteiger partial charge >= 0.3 is 0 Å². The first-order chi connectivity index (χ1) is 12.8. The molecule has 26 heavy (non-hydrogen) atoms. The van der Waals surface area contributed by atoms with Crippen LogP contribution in [0.3, 0.4) is 0 Å². The summed E-state index contributed by atoms with van der Waals surface area (Å²) in [5.41, 5.74) is 4.76. The zero-order chi connectivity index (χ0) is 17.1. The molecule has 7 rings (SSSR count). The van der Waals surface area contributed by atoms with E-state index in [4.69, 9.17) is 0 Å². The minimum atomic E-state index is 0.618. The zero-order valence-electron chi connectivity index (χ0n) is 14.9. The van der Waals surface area contributed by atoms with Crippen molar-refractivity contribution in [3.63, 3.8) is 0 Å². The standard InChI is InChI=1S/C22H24N4/c1-2-21-16(3-4-24-21)7-15(1)17-8-20(10-23-9-17)25-22-18-5-14-6-19(22)13-26(11-14)12-18/h1-4,7-10,14,18-19,22,24-25H,5-6,11-13H2. The molecule has 4 nitrogen and oxygen atoms in total. The number of fused-ring (bicyclic) bond motifs is 1. The van der Waals surface area contributed by atoms with Crippen LogP contribution >= 0.6 is 0 Å². The van der Waals surface area contributed by atoms with Gasteiger partial charge in [-0.3, -0.25) is 4.98 Å². The second-order valence-corrected chi connectivity index (χ2v) is 8.49. The van der Waals surface area contributed by atoms with Crippen LogP contribution < -0.4 is 5.32 Å². The monoisotopic (exact) mass is 344 g/mol. The van der Waals surface area contributed by atoms with Crippen LogP contribution in [0, 0.1) is 17.8 Å². The van der Waals surface area contributed by atoms with Gasteiger partial charge in [0.15, 0.2) is 0 Å². The maximum absolute atomic E-state index is 4.53. The van der Waals surface area contributed by atoms with E-state index in [1.54, 1.807) is 0 Å². The molecule has 2 aromatic heterocycles. The van der Waals surface area contributed by atoms with Gasteiger partial charge in [0.05, 0.1) is 5.69 Å². The molecule has 5 heterocycles. The predicted octanol–water partition coefficient (Wildman–Crippen LogP) is 3.98.